The van der Waals surface area contributed by atoms with Gasteiger partial charge in [0, 0.05) is 7.11 Å². The van der Waals surface area contributed by atoms with Crippen molar-refractivity contribution in [3.05, 3.63) is 0 Å². The van der Waals surface area contributed by atoms with Crippen molar-refractivity contribution < 1.29 is 14.0 Å². The summed E-state index contributed by atoms with van der Waals surface area (Å²) in [4.78, 5) is 20.8. The van der Waals surface area contributed by atoms with Gasteiger partial charge in [-0.05, 0) is 74.8 Å². The van der Waals surface area contributed by atoms with E-state index in [0.717, 1.165) is 19.8 Å². The van der Waals surface area contributed by atoms with E-state index in [9.17, 15) is 9.59 Å². The minimum atomic E-state index is -1.99. The van der Waals surface area contributed by atoms with E-state index >= 15 is 0 Å². The Labute approximate surface area is 198 Å². The third kappa shape index (κ3) is 18.6. The first kappa shape index (κ1) is 31.5. The summed E-state index contributed by atoms with van der Waals surface area (Å²) in [6, 6.07) is 2.67. The lowest BCUT2D eigenvalue weighted by molar-refractivity contribution is 0.405. The molecule has 0 fully saturated rings. The standard InChI is InChI=1S/C17H48O3P2S2Si5/c1-20-28(7,8)15-13-24-29(9,10)23-12-11-14-25(2)22(17-27(5,6)19)21-16-26(3,4)18/h18-19,21,25H,11-17H2,1-10H3. The highest BCUT2D eigenvalue weighted by atomic mass is 32.6. The lowest BCUT2D eigenvalue weighted by Gasteiger charge is -2.30. The first-order chi connectivity index (χ1) is 13.0. The van der Waals surface area contributed by atoms with Crippen molar-refractivity contribution in [3.63, 3.8) is 0 Å². The van der Waals surface area contributed by atoms with Gasteiger partial charge in [0.2, 0.25) is 0 Å². The lowest BCUT2D eigenvalue weighted by Crippen LogP contribution is -2.33. The van der Waals surface area contributed by atoms with E-state index in [2.05, 4.69) is 81.3 Å². The summed E-state index contributed by atoms with van der Waals surface area (Å²) in [6.07, 6.45) is 0.120. The predicted molar refractivity (Wildman–Crippen MR) is 159 cm³/mol. The van der Waals surface area contributed by atoms with Crippen LogP contribution in [0.15, 0.2) is 0 Å². The number of hydrogen-bond acceptors (Lipinski definition) is 5. The predicted octanol–water partition coefficient (Wildman–Crippen LogP) is 6.30. The van der Waals surface area contributed by atoms with Crippen LogP contribution in [0.2, 0.25) is 71.0 Å². The molecule has 3 atom stereocenters. The third-order valence-electron chi connectivity index (χ3n) is 4.73. The summed E-state index contributed by atoms with van der Waals surface area (Å²) >= 11 is 4.48. The van der Waals surface area contributed by atoms with Gasteiger partial charge in [-0.1, -0.05) is 25.7 Å². The van der Waals surface area contributed by atoms with Crippen molar-refractivity contribution in [2.45, 2.75) is 77.4 Å². The zero-order valence-electron chi connectivity index (χ0n) is 20.6. The normalized spacial score (nSPS) is 16.6. The van der Waals surface area contributed by atoms with Crippen molar-refractivity contribution in [3.8, 4) is 0 Å². The molecule has 0 aromatic rings. The quantitative estimate of drug-likeness (QED) is 0.130. The van der Waals surface area contributed by atoms with E-state index in [1.54, 1.807) is 0 Å². The summed E-state index contributed by atoms with van der Waals surface area (Å²) in [6.45, 7) is 20.5. The Morgan fingerprint density at radius 2 is 1.48 bits per heavy atom. The van der Waals surface area contributed by atoms with Gasteiger partial charge in [-0.25, -0.2) is 0 Å². The van der Waals surface area contributed by atoms with Gasteiger partial charge < -0.3 is 14.0 Å². The molecule has 176 valence electrons. The third-order valence-corrected chi connectivity index (χ3v) is 44.0. The molecule has 0 heterocycles. The molecule has 0 amide bonds. The van der Waals surface area contributed by atoms with Crippen LogP contribution in [0.3, 0.4) is 0 Å². The molecular formula is C17H48O3P2S2Si5. The fraction of sp³-hybridized carbons (Fsp3) is 1.00. The molecule has 0 rings (SSSR count). The molecule has 0 aromatic heterocycles. The average Bonchev–Trinajstić information content (AvgIpc) is 2.53. The van der Waals surface area contributed by atoms with Crippen LogP contribution in [0.5, 0.6) is 0 Å². The highest BCUT2D eigenvalue weighted by Gasteiger charge is 2.30. The summed E-state index contributed by atoms with van der Waals surface area (Å²) in [7, 11) is -3.36. The molecule has 0 saturated carbocycles. The Bertz CT molecular complexity index is 463. The molecule has 0 aromatic carbocycles. The van der Waals surface area contributed by atoms with Crippen LogP contribution in [0.4, 0.5) is 0 Å². The van der Waals surface area contributed by atoms with Crippen LogP contribution in [0.25, 0.3) is 0 Å². The van der Waals surface area contributed by atoms with Crippen LogP contribution in [-0.2, 0) is 4.43 Å². The maximum Gasteiger partial charge on any atom is 0.187 e. The first-order valence-corrected chi connectivity index (χ1v) is 33.8. The molecule has 12 heteroatoms. The summed E-state index contributed by atoms with van der Waals surface area (Å²) in [5.41, 5.74) is 0. The summed E-state index contributed by atoms with van der Waals surface area (Å²) in [5, 5.41) is 0. The lowest BCUT2D eigenvalue weighted by atomic mass is 10.6. The molecule has 3 unspecified atom stereocenters. The van der Waals surface area contributed by atoms with Crippen LogP contribution in [-0.4, -0.2) is 79.6 Å². The molecular weight excluding hydrogens is 519 g/mol. The second-order valence-corrected chi connectivity index (χ2v) is 49.8. The molecule has 0 saturated heterocycles. The van der Waals surface area contributed by atoms with Crippen molar-refractivity contribution in [2.24, 2.45) is 0 Å². The molecule has 3 nitrogen and oxygen atoms in total. The zero-order chi connectivity index (χ0) is 22.9. The Kier molecular flexibility index (Phi) is 15.3. The highest BCUT2D eigenvalue weighted by molar-refractivity contribution is 8.58. The van der Waals surface area contributed by atoms with Gasteiger partial charge >= 0.3 is 0 Å². The summed E-state index contributed by atoms with van der Waals surface area (Å²) in [5.74, 6) is 4.73. The van der Waals surface area contributed by atoms with Gasteiger partial charge in [-0.3, -0.25) is 0 Å². The fourth-order valence-electron chi connectivity index (χ4n) is 2.62. The number of rotatable bonds is 16. The van der Waals surface area contributed by atoms with Gasteiger partial charge in [0.1, 0.15) is 0 Å². The molecule has 29 heavy (non-hydrogen) atoms. The van der Waals surface area contributed by atoms with Gasteiger partial charge in [-0.15, -0.1) is 15.4 Å². The van der Waals surface area contributed by atoms with Gasteiger partial charge in [-0.2, -0.15) is 22.4 Å². The van der Waals surface area contributed by atoms with Crippen molar-refractivity contribution in [1.82, 2.24) is 0 Å². The molecule has 0 aliphatic heterocycles. The SMILES string of the molecule is CO[Si](C)(C)CCS[Si](C)(C)SCCC[SiH](C)P(C[Si](C)(C)O)PC[Si](C)(C)O. The van der Waals surface area contributed by atoms with Crippen LogP contribution in [0, 0.1) is 0 Å². The minimum absolute atomic E-state index is 0.00275. The molecule has 0 aliphatic carbocycles. The highest BCUT2D eigenvalue weighted by Crippen LogP contribution is 2.60. The van der Waals surface area contributed by atoms with E-state index in [-0.39, 0.29) is 7.16 Å². The van der Waals surface area contributed by atoms with Gasteiger partial charge in [0.05, 0.1) is 8.46 Å². The van der Waals surface area contributed by atoms with E-state index in [4.69, 9.17) is 4.43 Å². The molecule has 0 radical (unpaired) electrons. The fourth-order valence-corrected chi connectivity index (χ4v) is 48.0. The van der Waals surface area contributed by atoms with Crippen molar-refractivity contribution >= 4 is 77.6 Å². The van der Waals surface area contributed by atoms with Crippen LogP contribution < -0.4 is 0 Å². The van der Waals surface area contributed by atoms with Gasteiger partial charge in [0.25, 0.3) is 0 Å². The topological polar surface area (TPSA) is 49.7 Å². The van der Waals surface area contributed by atoms with E-state index in [0.29, 0.717) is 0 Å². The van der Waals surface area contributed by atoms with Crippen molar-refractivity contribution in [2.75, 3.05) is 30.2 Å². The van der Waals surface area contributed by atoms with Crippen LogP contribution in [0.1, 0.15) is 6.42 Å². The molecule has 2 N–H and O–H groups in total. The van der Waals surface area contributed by atoms with E-state index in [1.165, 1.54) is 30.0 Å². The Balaban J connectivity index is 4.40. The largest absolute Gasteiger partial charge is 0.432 e. The maximum absolute atomic E-state index is 10.5. The zero-order valence-corrected chi connectivity index (χ0v) is 29.3. The monoisotopic (exact) mass is 566 g/mol. The van der Waals surface area contributed by atoms with Crippen LogP contribution >= 0.6 is 37.8 Å². The Morgan fingerprint density at radius 3 is 1.97 bits per heavy atom. The Morgan fingerprint density at radius 1 is 0.931 bits per heavy atom. The smallest absolute Gasteiger partial charge is 0.187 e. The molecule has 0 spiro atoms. The van der Waals surface area contributed by atoms with E-state index < -0.39 is 39.8 Å². The maximum atomic E-state index is 10.5. The molecule has 0 aliphatic rings. The first-order valence-electron chi connectivity index (χ1n) is 10.7. The minimum Gasteiger partial charge on any atom is -0.432 e. The van der Waals surface area contributed by atoms with Crippen molar-refractivity contribution in [1.29, 1.82) is 0 Å². The number of hydrogen-bond donors (Lipinski definition) is 2. The second kappa shape index (κ2) is 14.0. The van der Waals surface area contributed by atoms with Gasteiger partial charge in [0.15, 0.2) is 31.3 Å². The Hall–Kier alpha value is 2.52. The molecule has 0 bridgehead atoms. The average molecular weight is 567 g/mol. The second-order valence-electron chi connectivity index (χ2n) is 10.4. The van der Waals surface area contributed by atoms with E-state index in [1.807, 2.05) is 7.11 Å². The summed E-state index contributed by atoms with van der Waals surface area (Å²) < 4.78 is 5.69.